The number of carbonyl (C=O) groups excluding carboxylic acids is 1. The number of ether oxygens (including phenoxy) is 2. The normalized spacial score (nSPS) is 23.5. The molecule has 5 N–H and O–H groups in total. The van der Waals surface area contributed by atoms with E-state index in [1.54, 1.807) is 30.3 Å². The maximum absolute atomic E-state index is 14.0. The number of nitrogens with one attached hydrogen (secondary N) is 1. The second-order valence-corrected chi connectivity index (χ2v) is 11.4. The molecule has 0 amide bonds. The number of aromatic nitrogens is 2. The Morgan fingerprint density at radius 1 is 1.28 bits per heavy atom. The number of nitrogens with two attached hydrogens (primary N) is 1. The molecule has 16 nitrogen and oxygen atoms in total. The molecular formula is C25H27ClN7O9P. The van der Waals surface area contributed by atoms with Gasteiger partial charge in [0.15, 0.2) is 6.23 Å². The van der Waals surface area contributed by atoms with E-state index in [4.69, 9.17) is 35.9 Å². The number of esters is 1. The van der Waals surface area contributed by atoms with Crippen LogP contribution < -0.4 is 21.0 Å². The fraction of sp³-hybridized carbons (Fsp3) is 0.320. The number of hydrogen-bond acceptors (Lipinski definition) is 12. The van der Waals surface area contributed by atoms with E-state index in [0.29, 0.717) is 10.6 Å². The summed E-state index contributed by atoms with van der Waals surface area (Å²) < 4.78 is 36.8. The summed E-state index contributed by atoms with van der Waals surface area (Å²) in [6.45, 7) is 0.305. The molecule has 228 valence electrons. The first-order valence-corrected chi connectivity index (χ1v) is 14.5. The first-order valence-electron chi connectivity index (χ1n) is 12.6. The number of halogens is 1. The largest absolute Gasteiger partial charge is 0.460 e. The Labute approximate surface area is 249 Å². The highest BCUT2D eigenvalue weighted by atomic mass is 35.5. The minimum absolute atomic E-state index is 0.00761. The van der Waals surface area contributed by atoms with Crippen molar-refractivity contribution in [1.82, 2.24) is 14.6 Å². The maximum Gasteiger partial charge on any atom is 0.459 e. The van der Waals surface area contributed by atoms with Gasteiger partial charge in [-0.3, -0.25) is 13.9 Å². The third-order valence-corrected chi connectivity index (χ3v) is 8.03. The van der Waals surface area contributed by atoms with Crippen molar-refractivity contribution in [3.8, 4) is 5.75 Å². The van der Waals surface area contributed by atoms with E-state index < -0.39 is 56.2 Å². The van der Waals surface area contributed by atoms with Crippen molar-refractivity contribution < 1.29 is 38.1 Å². The molecule has 1 unspecified atom stereocenters. The average Bonchev–Trinajstić information content (AvgIpc) is 3.22. The molecule has 0 saturated carbocycles. The standard InChI is InChI=1S/C25H27ClN7O9P/c1-15(23(36)39-13-16-5-3-2-4-6-16)30-43(38,42-18-9-7-17(26)8-10-18)40-14-25(31-32-28)21(35)20(34)22(41-25)33-12-11-19(27)29-24(33)37/h2-12,15,20-22,34-35H,13-14H2,1H3,(H,30,38)(H2,27,29,37)/t15-,20+,21-,22+,25+,43?/m0/s1. The van der Waals surface area contributed by atoms with Crippen LogP contribution in [0.5, 0.6) is 5.75 Å². The van der Waals surface area contributed by atoms with Gasteiger partial charge in [-0.2, -0.15) is 10.1 Å². The van der Waals surface area contributed by atoms with Crippen molar-refractivity contribution in [3.05, 3.63) is 98.4 Å². The van der Waals surface area contributed by atoms with Crippen molar-refractivity contribution in [3.63, 3.8) is 0 Å². The molecule has 1 aromatic heterocycles. The molecule has 2 heterocycles. The zero-order valence-corrected chi connectivity index (χ0v) is 24.1. The van der Waals surface area contributed by atoms with Gasteiger partial charge in [0, 0.05) is 16.1 Å². The van der Waals surface area contributed by atoms with Gasteiger partial charge in [0.05, 0.1) is 6.61 Å². The molecule has 6 atom stereocenters. The minimum Gasteiger partial charge on any atom is -0.460 e. The molecule has 3 aromatic rings. The Hall–Kier alpha value is -3.98. The summed E-state index contributed by atoms with van der Waals surface area (Å²) in [5.74, 6) is -0.907. The van der Waals surface area contributed by atoms with Crippen LogP contribution in [0.2, 0.25) is 5.02 Å². The third-order valence-electron chi connectivity index (χ3n) is 6.15. The molecule has 1 aliphatic heterocycles. The number of benzene rings is 2. The smallest absolute Gasteiger partial charge is 0.459 e. The van der Waals surface area contributed by atoms with Gasteiger partial charge in [-0.15, -0.1) is 0 Å². The van der Waals surface area contributed by atoms with Crippen LogP contribution in [0.15, 0.2) is 76.8 Å². The van der Waals surface area contributed by atoms with Gasteiger partial charge >= 0.3 is 19.4 Å². The number of rotatable bonds is 12. The Bertz CT molecular complexity index is 1590. The monoisotopic (exact) mass is 635 g/mol. The van der Waals surface area contributed by atoms with Crippen LogP contribution in [0.3, 0.4) is 0 Å². The highest BCUT2D eigenvalue weighted by Gasteiger charge is 2.56. The van der Waals surface area contributed by atoms with Crippen LogP contribution in [-0.4, -0.2) is 56.3 Å². The van der Waals surface area contributed by atoms with E-state index in [1.165, 1.54) is 37.3 Å². The topological polar surface area (TPSA) is 233 Å². The van der Waals surface area contributed by atoms with Crippen molar-refractivity contribution in [2.75, 3.05) is 12.3 Å². The van der Waals surface area contributed by atoms with Gasteiger partial charge in [0.1, 0.15) is 36.4 Å². The molecule has 0 spiro atoms. The summed E-state index contributed by atoms with van der Waals surface area (Å²) in [6, 6.07) is 14.5. The van der Waals surface area contributed by atoms with Crippen molar-refractivity contribution >= 4 is 31.1 Å². The maximum atomic E-state index is 14.0. The summed E-state index contributed by atoms with van der Waals surface area (Å²) in [5, 5.41) is 27.8. The Morgan fingerprint density at radius 3 is 2.63 bits per heavy atom. The van der Waals surface area contributed by atoms with E-state index >= 15 is 0 Å². The van der Waals surface area contributed by atoms with E-state index in [2.05, 4.69) is 20.1 Å². The van der Waals surface area contributed by atoms with Gasteiger partial charge in [-0.05, 0) is 48.4 Å². The minimum atomic E-state index is -4.58. The lowest BCUT2D eigenvalue weighted by Crippen LogP contribution is -2.45. The predicted molar refractivity (Wildman–Crippen MR) is 151 cm³/mol. The number of carbonyl (C=O) groups is 1. The first-order chi connectivity index (χ1) is 20.4. The van der Waals surface area contributed by atoms with Gasteiger partial charge in [-0.25, -0.2) is 9.36 Å². The zero-order valence-electron chi connectivity index (χ0n) is 22.5. The second-order valence-electron chi connectivity index (χ2n) is 9.28. The highest BCUT2D eigenvalue weighted by Crippen LogP contribution is 2.48. The van der Waals surface area contributed by atoms with Crippen molar-refractivity contribution in [1.29, 1.82) is 0 Å². The van der Waals surface area contributed by atoms with E-state index in [0.717, 1.165) is 10.8 Å². The van der Waals surface area contributed by atoms with Crippen LogP contribution >= 0.6 is 19.3 Å². The van der Waals surface area contributed by atoms with Crippen molar-refractivity contribution in [2.24, 2.45) is 5.11 Å². The third kappa shape index (κ3) is 7.70. The van der Waals surface area contributed by atoms with E-state index in [9.17, 15) is 29.9 Å². The molecule has 1 aliphatic rings. The molecule has 0 radical (unpaired) electrons. The number of aliphatic hydroxyl groups excluding tert-OH is 2. The molecule has 0 aliphatic carbocycles. The molecule has 43 heavy (non-hydrogen) atoms. The number of nitrogen functional groups attached to an aromatic ring is 1. The molecule has 1 saturated heterocycles. The predicted octanol–water partition coefficient (Wildman–Crippen LogP) is 2.66. The highest BCUT2D eigenvalue weighted by molar-refractivity contribution is 7.52. The Kier molecular flexibility index (Phi) is 10.1. The molecule has 4 rings (SSSR count). The fourth-order valence-corrected chi connectivity index (χ4v) is 5.60. The van der Waals surface area contributed by atoms with Gasteiger partial charge in [0.2, 0.25) is 5.72 Å². The lowest BCUT2D eigenvalue weighted by atomic mass is 10.1. The average molecular weight is 636 g/mol. The lowest BCUT2D eigenvalue weighted by Gasteiger charge is -2.29. The number of anilines is 1. The Balaban J connectivity index is 1.57. The number of nitrogens with zero attached hydrogens (tertiary/aromatic N) is 5. The van der Waals surface area contributed by atoms with Crippen LogP contribution in [-0.2, 0) is 30.0 Å². The van der Waals surface area contributed by atoms with Crippen molar-refractivity contribution in [2.45, 2.75) is 43.7 Å². The molecule has 0 bridgehead atoms. The van der Waals surface area contributed by atoms with Crippen LogP contribution in [0.4, 0.5) is 5.82 Å². The number of aliphatic hydroxyl groups is 2. The summed E-state index contributed by atoms with van der Waals surface area (Å²) in [5.41, 5.74) is 12.1. The van der Waals surface area contributed by atoms with Gasteiger partial charge < -0.3 is 29.9 Å². The lowest BCUT2D eigenvalue weighted by molar-refractivity contribution is -0.146. The number of azide groups is 1. The molecule has 2 aromatic carbocycles. The van der Waals surface area contributed by atoms with E-state index in [-0.39, 0.29) is 18.2 Å². The molecule has 18 heteroatoms. The summed E-state index contributed by atoms with van der Waals surface area (Å²) in [6.07, 6.45) is -4.29. The second kappa shape index (κ2) is 13.5. The van der Waals surface area contributed by atoms with Gasteiger partial charge in [-0.1, -0.05) is 47.0 Å². The summed E-state index contributed by atoms with van der Waals surface area (Å²) in [4.78, 5) is 31.3. The quantitative estimate of drug-likeness (QED) is 0.0739. The Morgan fingerprint density at radius 2 is 1.98 bits per heavy atom. The first kappa shape index (κ1) is 31.9. The van der Waals surface area contributed by atoms with Crippen LogP contribution in [0, 0.1) is 0 Å². The summed E-state index contributed by atoms with van der Waals surface area (Å²) in [7, 11) is -4.58. The molecule has 1 fully saturated rings. The van der Waals surface area contributed by atoms with Crippen LogP contribution in [0.1, 0.15) is 18.7 Å². The van der Waals surface area contributed by atoms with Gasteiger partial charge in [0.25, 0.3) is 0 Å². The fourth-order valence-electron chi connectivity index (χ4n) is 3.96. The number of hydrogen-bond donors (Lipinski definition) is 4. The molecular weight excluding hydrogens is 609 g/mol. The van der Waals surface area contributed by atoms with Crippen LogP contribution in [0.25, 0.3) is 10.4 Å². The SMILES string of the molecule is C[C@H](NP(=O)(OC[C@@]1(N=[N+]=[N-])O[C@@H](n2ccc(N)nc2=O)[C@H](O)[C@@H]1O)Oc1ccc(Cl)cc1)C(=O)OCc1ccccc1. The van der Waals surface area contributed by atoms with E-state index in [1.807, 2.05) is 0 Å². The summed E-state index contributed by atoms with van der Waals surface area (Å²) >= 11 is 5.93. The zero-order chi connectivity index (χ0) is 31.2.